The van der Waals surface area contributed by atoms with Crippen molar-refractivity contribution in [2.75, 3.05) is 10.0 Å². The van der Waals surface area contributed by atoms with Gasteiger partial charge in [-0.15, -0.1) is 0 Å². The lowest BCUT2D eigenvalue weighted by Gasteiger charge is -2.10. The van der Waals surface area contributed by atoms with Gasteiger partial charge in [0.2, 0.25) is 0 Å². The van der Waals surface area contributed by atoms with Crippen LogP contribution in [0.2, 0.25) is 5.02 Å². The number of pyridine rings is 1. The lowest BCUT2D eigenvalue weighted by atomic mass is 10.3. The number of halogens is 1. The molecule has 0 spiro atoms. The van der Waals surface area contributed by atoms with Crippen molar-refractivity contribution in [2.45, 2.75) is 11.4 Å². The van der Waals surface area contributed by atoms with Crippen molar-refractivity contribution in [3.8, 4) is 0 Å². The number of anilines is 2. The summed E-state index contributed by atoms with van der Waals surface area (Å²) in [4.78, 5) is 15.9. The monoisotopic (exact) mass is 416 g/mol. The van der Waals surface area contributed by atoms with Gasteiger partial charge in [0.05, 0.1) is 10.6 Å². The minimum absolute atomic E-state index is 0.0650. The average molecular weight is 417 g/mol. The summed E-state index contributed by atoms with van der Waals surface area (Å²) in [6.45, 7) is 0.352. The van der Waals surface area contributed by atoms with Gasteiger partial charge in [0.1, 0.15) is 0 Å². The molecular formula is C19H17ClN4O3S. The summed E-state index contributed by atoms with van der Waals surface area (Å²) in [5.41, 5.74) is 1.75. The zero-order valence-electron chi connectivity index (χ0n) is 14.6. The largest absolute Gasteiger partial charge is 0.334 e. The number of sulfonamides is 1. The van der Waals surface area contributed by atoms with Gasteiger partial charge in [0.15, 0.2) is 0 Å². The van der Waals surface area contributed by atoms with E-state index in [2.05, 4.69) is 20.3 Å². The van der Waals surface area contributed by atoms with Crippen LogP contribution in [0.25, 0.3) is 0 Å². The van der Waals surface area contributed by atoms with E-state index in [0.29, 0.717) is 22.9 Å². The molecule has 0 radical (unpaired) electrons. The van der Waals surface area contributed by atoms with E-state index in [1.54, 1.807) is 42.7 Å². The molecule has 3 N–H and O–H groups in total. The molecule has 28 heavy (non-hydrogen) atoms. The van der Waals surface area contributed by atoms with Gasteiger partial charge in [-0.25, -0.2) is 13.2 Å². The maximum atomic E-state index is 12.4. The van der Waals surface area contributed by atoms with Crippen molar-refractivity contribution in [1.29, 1.82) is 0 Å². The number of benzene rings is 2. The van der Waals surface area contributed by atoms with Gasteiger partial charge in [0.25, 0.3) is 10.0 Å². The fourth-order valence-electron chi connectivity index (χ4n) is 2.34. The average Bonchev–Trinajstić information content (AvgIpc) is 2.67. The number of carbonyl (C=O) groups excluding carboxylic acids is 1. The molecule has 0 unspecified atom stereocenters. The molecule has 0 fully saturated rings. The smallest absolute Gasteiger partial charge is 0.319 e. The predicted molar refractivity (Wildman–Crippen MR) is 109 cm³/mol. The standard InChI is InChI=1S/C19H17ClN4O3S/c20-15-2-1-3-17(12-15)24-28(26,27)18-6-4-16(5-7-18)23-19(25)22-13-14-8-10-21-11-9-14/h1-12,24H,13H2,(H2,22,23,25). The molecule has 3 aromatic rings. The lowest BCUT2D eigenvalue weighted by molar-refractivity contribution is 0.251. The van der Waals surface area contributed by atoms with Crippen molar-refractivity contribution < 1.29 is 13.2 Å². The second-order valence-corrected chi connectivity index (χ2v) is 7.92. The molecule has 2 amide bonds. The maximum Gasteiger partial charge on any atom is 0.319 e. The molecular weight excluding hydrogens is 400 g/mol. The fraction of sp³-hybridized carbons (Fsp3) is 0.0526. The van der Waals surface area contributed by atoms with E-state index >= 15 is 0 Å². The minimum Gasteiger partial charge on any atom is -0.334 e. The third kappa shape index (κ3) is 5.45. The van der Waals surface area contributed by atoms with Crippen molar-refractivity contribution in [2.24, 2.45) is 0 Å². The number of hydrogen-bond donors (Lipinski definition) is 3. The Bertz CT molecular complexity index is 1060. The Morgan fingerprint density at radius 2 is 1.68 bits per heavy atom. The third-order valence-corrected chi connectivity index (χ3v) is 5.33. The van der Waals surface area contributed by atoms with E-state index in [1.165, 1.54) is 30.3 Å². The summed E-state index contributed by atoms with van der Waals surface area (Å²) in [5, 5.41) is 5.79. The molecule has 1 heterocycles. The molecule has 0 bridgehead atoms. The van der Waals surface area contributed by atoms with Crippen LogP contribution in [0.1, 0.15) is 5.56 Å². The SMILES string of the molecule is O=C(NCc1ccncc1)Nc1ccc(S(=O)(=O)Nc2cccc(Cl)c2)cc1. The number of aromatic nitrogens is 1. The first kappa shape index (κ1) is 19.7. The maximum absolute atomic E-state index is 12.4. The summed E-state index contributed by atoms with van der Waals surface area (Å²) in [5.74, 6) is 0. The molecule has 0 atom stereocenters. The van der Waals surface area contributed by atoms with Crippen LogP contribution in [0.3, 0.4) is 0 Å². The van der Waals surface area contributed by atoms with Crippen LogP contribution in [0.5, 0.6) is 0 Å². The van der Waals surface area contributed by atoms with Gasteiger partial charge in [-0.05, 0) is 60.2 Å². The summed E-state index contributed by atoms with van der Waals surface area (Å²) in [7, 11) is -3.76. The second kappa shape index (κ2) is 8.73. The molecule has 0 aliphatic heterocycles. The highest BCUT2D eigenvalue weighted by molar-refractivity contribution is 7.92. The Labute approximate surface area is 167 Å². The van der Waals surface area contributed by atoms with Crippen molar-refractivity contribution in [3.05, 3.63) is 83.6 Å². The summed E-state index contributed by atoms with van der Waals surface area (Å²) in [6.07, 6.45) is 3.29. The van der Waals surface area contributed by atoms with Gasteiger partial charge in [-0.2, -0.15) is 0 Å². The highest BCUT2D eigenvalue weighted by Gasteiger charge is 2.14. The fourth-order valence-corrected chi connectivity index (χ4v) is 3.58. The number of nitrogens with zero attached hydrogens (tertiary/aromatic N) is 1. The highest BCUT2D eigenvalue weighted by atomic mass is 35.5. The number of nitrogens with one attached hydrogen (secondary N) is 3. The molecule has 1 aromatic heterocycles. The Morgan fingerprint density at radius 3 is 2.36 bits per heavy atom. The topological polar surface area (TPSA) is 100 Å². The van der Waals surface area contributed by atoms with E-state index in [4.69, 9.17) is 11.6 Å². The third-order valence-electron chi connectivity index (χ3n) is 3.70. The van der Waals surface area contributed by atoms with E-state index in [1.807, 2.05) is 0 Å². The normalized spacial score (nSPS) is 10.9. The Kier molecular flexibility index (Phi) is 6.13. The Hall–Kier alpha value is -3.10. The van der Waals surface area contributed by atoms with Crippen molar-refractivity contribution >= 4 is 39.0 Å². The van der Waals surface area contributed by atoms with Crippen molar-refractivity contribution in [1.82, 2.24) is 10.3 Å². The van der Waals surface area contributed by atoms with Crippen LogP contribution in [-0.2, 0) is 16.6 Å². The molecule has 3 rings (SSSR count). The van der Waals surface area contributed by atoms with E-state index in [-0.39, 0.29) is 4.90 Å². The van der Waals surface area contributed by atoms with Crippen LogP contribution < -0.4 is 15.4 Å². The Morgan fingerprint density at radius 1 is 0.964 bits per heavy atom. The quantitative estimate of drug-likeness (QED) is 0.568. The van der Waals surface area contributed by atoms with Crippen LogP contribution in [-0.4, -0.2) is 19.4 Å². The molecule has 0 saturated carbocycles. The molecule has 2 aromatic carbocycles. The molecule has 0 saturated heterocycles. The number of rotatable bonds is 6. The minimum atomic E-state index is -3.76. The summed E-state index contributed by atoms with van der Waals surface area (Å²) < 4.78 is 27.4. The summed E-state index contributed by atoms with van der Waals surface area (Å²) in [6, 6.07) is 15.5. The zero-order valence-corrected chi connectivity index (χ0v) is 16.2. The number of amides is 2. The predicted octanol–water partition coefficient (Wildman–Crippen LogP) is 3.86. The van der Waals surface area contributed by atoms with Crippen LogP contribution in [0.4, 0.5) is 16.2 Å². The van der Waals surface area contributed by atoms with Crippen molar-refractivity contribution in [3.63, 3.8) is 0 Å². The first-order valence-corrected chi connectivity index (χ1v) is 10.1. The van der Waals surface area contributed by atoms with Gasteiger partial charge in [0, 0.05) is 29.6 Å². The second-order valence-electron chi connectivity index (χ2n) is 5.80. The number of carbonyl (C=O) groups is 1. The van der Waals surface area contributed by atoms with Gasteiger partial charge in [-0.3, -0.25) is 9.71 Å². The zero-order chi connectivity index (χ0) is 20.0. The first-order chi connectivity index (χ1) is 13.4. The van der Waals surface area contributed by atoms with Gasteiger partial charge >= 0.3 is 6.03 Å². The lowest BCUT2D eigenvalue weighted by Crippen LogP contribution is -2.28. The summed E-state index contributed by atoms with van der Waals surface area (Å²) >= 11 is 5.87. The van der Waals surface area contributed by atoms with E-state index in [0.717, 1.165) is 5.56 Å². The molecule has 0 aliphatic carbocycles. The van der Waals surface area contributed by atoms with Crippen LogP contribution in [0.15, 0.2) is 78.0 Å². The highest BCUT2D eigenvalue weighted by Crippen LogP contribution is 2.20. The molecule has 9 heteroatoms. The van der Waals surface area contributed by atoms with Gasteiger partial charge < -0.3 is 10.6 Å². The van der Waals surface area contributed by atoms with Crippen LogP contribution in [0, 0.1) is 0 Å². The van der Waals surface area contributed by atoms with Crippen LogP contribution >= 0.6 is 11.6 Å². The Balaban J connectivity index is 1.60. The van der Waals surface area contributed by atoms with E-state index < -0.39 is 16.1 Å². The van der Waals surface area contributed by atoms with E-state index in [9.17, 15) is 13.2 Å². The number of urea groups is 1. The molecule has 144 valence electrons. The van der Waals surface area contributed by atoms with Gasteiger partial charge in [-0.1, -0.05) is 17.7 Å². The number of hydrogen-bond acceptors (Lipinski definition) is 4. The first-order valence-electron chi connectivity index (χ1n) is 8.24. The molecule has 0 aliphatic rings. The molecule has 7 nitrogen and oxygen atoms in total.